The molecule has 3 heterocycles. The van der Waals surface area contributed by atoms with Gasteiger partial charge in [-0.1, -0.05) is 23.8 Å². The molecule has 0 aromatic carbocycles. The van der Waals surface area contributed by atoms with E-state index in [0.717, 1.165) is 11.6 Å². The Labute approximate surface area is 128 Å². The number of hydrogen-bond donors (Lipinski definition) is 2. The number of aryl methyl sites for hydroxylation is 2. The summed E-state index contributed by atoms with van der Waals surface area (Å²) in [5.74, 6) is 1.95. The molecule has 7 heteroatoms. The summed E-state index contributed by atoms with van der Waals surface area (Å²) in [6.45, 7) is 7.49. The summed E-state index contributed by atoms with van der Waals surface area (Å²) in [4.78, 5) is 25.3. The molecule has 0 saturated carbocycles. The maximum Gasteiger partial charge on any atom is 0.317 e. The lowest BCUT2D eigenvalue weighted by Crippen LogP contribution is -2.48. The zero-order valence-electron chi connectivity index (χ0n) is 13.2. The third-order valence-electron chi connectivity index (χ3n) is 4.63. The summed E-state index contributed by atoms with van der Waals surface area (Å²) < 4.78 is 1.93. The third kappa shape index (κ3) is 1.71. The number of nitrogens with zero attached hydrogens (tertiary/aromatic N) is 4. The zero-order chi connectivity index (χ0) is 16.1. The number of carboxylic acids is 1. The number of carbonyl (C=O) groups is 1. The van der Waals surface area contributed by atoms with Crippen LogP contribution in [0.2, 0.25) is 0 Å². The molecule has 0 radical (unpaired) electrons. The monoisotopic (exact) mass is 302 g/mol. The minimum Gasteiger partial charge on any atom is -0.480 e. The predicted molar refractivity (Wildman–Crippen MR) is 79.1 cm³/mol. The molecule has 1 atom stereocenters. The molecule has 22 heavy (non-hydrogen) atoms. The van der Waals surface area contributed by atoms with Gasteiger partial charge in [-0.15, -0.1) is 0 Å². The Bertz CT molecular complexity index is 721. The lowest BCUT2D eigenvalue weighted by Gasteiger charge is -2.30. The molecule has 7 nitrogen and oxygen atoms in total. The van der Waals surface area contributed by atoms with Crippen LogP contribution in [0.25, 0.3) is 0 Å². The van der Waals surface area contributed by atoms with Crippen molar-refractivity contribution < 1.29 is 14.5 Å². The average molecular weight is 302 g/mol. The van der Waals surface area contributed by atoms with Crippen LogP contribution >= 0.6 is 0 Å². The molecule has 0 saturated heterocycles. The summed E-state index contributed by atoms with van der Waals surface area (Å²) in [7, 11) is 0. The molecule has 0 aliphatic carbocycles. The minimum absolute atomic E-state index is 0.472. The number of aromatic nitrogens is 3. The molecule has 1 aromatic heterocycles. The maximum atomic E-state index is 11.8. The molecule has 1 aromatic rings. The Morgan fingerprint density at radius 1 is 1.36 bits per heavy atom. The molecule has 2 N–H and O–H groups in total. The van der Waals surface area contributed by atoms with E-state index in [9.17, 15) is 9.90 Å². The fraction of sp³-hybridized carbons (Fsp3) is 0.533. The van der Waals surface area contributed by atoms with Crippen LogP contribution in [0.15, 0.2) is 17.3 Å². The van der Waals surface area contributed by atoms with E-state index in [1.165, 1.54) is 0 Å². The first-order valence-electron chi connectivity index (χ1n) is 7.47. The Hall–Kier alpha value is -2.31. The molecule has 1 spiro atoms. The second-order valence-electron chi connectivity index (χ2n) is 5.74. The van der Waals surface area contributed by atoms with Gasteiger partial charge in [-0.25, -0.2) is 4.99 Å². The lowest BCUT2D eigenvalue weighted by atomic mass is 9.80. The number of aliphatic imine (C=N–C) groups is 1. The van der Waals surface area contributed by atoms with E-state index in [4.69, 9.17) is 4.99 Å². The molecule has 0 amide bonds. The molecule has 2 aliphatic heterocycles. The summed E-state index contributed by atoms with van der Waals surface area (Å²) in [6.07, 6.45) is 4.60. The fourth-order valence-corrected chi connectivity index (χ4v) is 3.20. The molecule has 1 unspecified atom stereocenters. The fourth-order valence-electron chi connectivity index (χ4n) is 3.20. The lowest BCUT2D eigenvalue weighted by molar-refractivity contribution is -0.624. The van der Waals surface area contributed by atoms with Gasteiger partial charge >= 0.3 is 11.8 Å². The molecular weight excluding hydrogens is 282 g/mol. The second kappa shape index (κ2) is 4.59. The van der Waals surface area contributed by atoms with Gasteiger partial charge in [-0.2, -0.15) is 4.57 Å². The van der Waals surface area contributed by atoms with Crippen molar-refractivity contribution in [1.82, 2.24) is 15.3 Å². The van der Waals surface area contributed by atoms with Crippen molar-refractivity contribution in [2.45, 2.75) is 46.2 Å². The van der Waals surface area contributed by atoms with E-state index in [0.29, 0.717) is 24.5 Å². The Morgan fingerprint density at radius 2 is 2.05 bits per heavy atom. The summed E-state index contributed by atoms with van der Waals surface area (Å²) in [5.41, 5.74) is -1.70. The first kappa shape index (κ1) is 14.6. The van der Waals surface area contributed by atoms with Gasteiger partial charge in [0.2, 0.25) is 5.82 Å². The summed E-state index contributed by atoms with van der Waals surface area (Å²) >= 11 is 0. The largest absolute Gasteiger partial charge is 0.480 e. The third-order valence-corrected chi connectivity index (χ3v) is 4.63. The van der Waals surface area contributed by atoms with Gasteiger partial charge in [0.1, 0.15) is 11.3 Å². The standard InChI is InChI=1S/C15H19N5O2/c1-5-14(6-2,13(21)22)11-16-8-7-15(19-11)12-18-9(3)17-10(4)20(12)15/h7-8H,5-6H2,1-4H3,(H-,16,19,21,22)/p+1. The number of nitrogens with one attached hydrogen (secondary N) is 1. The Kier molecular flexibility index (Phi) is 3.05. The first-order chi connectivity index (χ1) is 10.4. The van der Waals surface area contributed by atoms with Crippen molar-refractivity contribution >= 4 is 11.8 Å². The number of aliphatic carboxylic acids is 1. The molecule has 0 fully saturated rings. The van der Waals surface area contributed by atoms with E-state index in [2.05, 4.69) is 15.3 Å². The van der Waals surface area contributed by atoms with E-state index < -0.39 is 17.0 Å². The summed E-state index contributed by atoms with van der Waals surface area (Å²) in [6, 6.07) is 0. The van der Waals surface area contributed by atoms with Crippen molar-refractivity contribution in [3.05, 3.63) is 29.7 Å². The molecule has 2 aliphatic rings. The van der Waals surface area contributed by atoms with Gasteiger partial charge < -0.3 is 10.4 Å². The van der Waals surface area contributed by atoms with Crippen molar-refractivity contribution in [2.75, 3.05) is 0 Å². The molecule has 3 rings (SSSR count). The number of rotatable bonds is 4. The van der Waals surface area contributed by atoms with E-state index in [1.807, 2.05) is 38.3 Å². The molecule has 116 valence electrons. The van der Waals surface area contributed by atoms with Gasteiger partial charge in [0.15, 0.2) is 0 Å². The highest BCUT2D eigenvalue weighted by Crippen LogP contribution is 2.38. The number of amidine groups is 1. The van der Waals surface area contributed by atoms with Gasteiger partial charge in [0.05, 0.1) is 0 Å². The highest BCUT2D eigenvalue weighted by molar-refractivity contribution is 6.05. The van der Waals surface area contributed by atoms with Gasteiger partial charge in [-0.3, -0.25) is 4.79 Å². The number of hydrogen-bond acceptors (Lipinski definition) is 5. The Morgan fingerprint density at radius 3 is 2.64 bits per heavy atom. The number of fused-ring (bicyclic) bond motifs is 3. The van der Waals surface area contributed by atoms with Crippen molar-refractivity contribution in [2.24, 2.45) is 10.4 Å². The highest BCUT2D eigenvalue weighted by Gasteiger charge is 2.63. The average Bonchev–Trinajstić information content (AvgIpc) is 3.07. The number of carboxylic acid groups (broad SMARTS) is 1. The maximum absolute atomic E-state index is 11.8. The normalized spacial score (nSPS) is 22.1. The first-order valence-corrected chi connectivity index (χ1v) is 7.47. The van der Waals surface area contributed by atoms with Crippen LogP contribution in [0.3, 0.4) is 0 Å². The minimum atomic E-state index is -1.00. The predicted octanol–water partition coefficient (Wildman–Crippen LogP) is 0.802. The Balaban J connectivity index is 2.10. The smallest absolute Gasteiger partial charge is 0.317 e. The van der Waals surface area contributed by atoms with E-state index in [-0.39, 0.29) is 0 Å². The molecule has 0 bridgehead atoms. The van der Waals surface area contributed by atoms with Crippen LogP contribution in [0.1, 0.15) is 44.2 Å². The van der Waals surface area contributed by atoms with Crippen LogP contribution < -0.4 is 9.88 Å². The van der Waals surface area contributed by atoms with Crippen molar-refractivity contribution in [1.29, 1.82) is 0 Å². The topological polar surface area (TPSA) is 91.3 Å². The molecular formula is C15H20N5O2+. The quantitative estimate of drug-likeness (QED) is 0.803. The van der Waals surface area contributed by atoms with Gasteiger partial charge in [0, 0.05) is 26.1 Å². The summed E-state index contributed by atoms with van der Waals surface area (Å²) in [5, 5.41) is 12.7. The zero-order valence-corrected chi connectivity index (χ0v) is 13.2. The SMILES string of the molecule is CCC(CC)(C(=O)O)C1=NC2(C=CN1)c1nc(C)nc(C)[n+]12. The van der Waals surface area contributed by atoms with E-state index >= 15 is 0 Å². The van der Waals surface area contributed by atoms with Crippen LogP contribution in [-0.2, 0) is 10.5 Å². The van der Waals surface area contributed by atoms with Crippen LogP contribution in [0.4, 0.5) is 0 Å². The van der Waals surface area contributed by atoms with E-state index in [1.54, 1.807) is 6.20 Å². The van der Waals surface area contributed by atoms with Crippen molar-refractivity contribution in [3.8, 4) is 0 Å². The van der Waals surface area contributed by atoms with Crippen molar-refractivity contribution in [3.63, 3.8) is 0 Å². The van der Waals surface area contributed by atoms with Crippen LogP contribution in [-0.4, -0.2) is 26.9 Å². The highest BCUT2D eigenvalue weighted by atomic mass is 16.4. The van der Waals surface area contributed by atoms with Gasteiger partial charge in [0.25, 0.3) is 11.5 Å². The van der Waals surface area contributed by atoms with Crippen LogP contribution in [0.5, 0.6) is 0 Å². The van der Waals surface area contributed by atoms with Crippen LogP contribution in [0, 0.1) is 19.3 Å². The second-order valence-corrected chi connectivity index (χ2v) is 5.74. The van der Waals surface area contributed by atoms with Gasteiger partial charge in [-0.05, 0) is 12.8 Å².